The van der Waals surface area contributed by atoms with Gasteiger partial charge in [0.25, 0.3) is 0 Å². The van der Waals surface area contributed by atoms with E-state index < -0.39 is 0 Å². The number of hydrogen-bond acceptors (Lipinski definition) is 7. The molecule has 0 aromatic carbocycles. The Hall–Kier alpha value is -1.50. The molecule has 0 aliphatic carbocycles. The van der Waals surface area contributed by atoms with E-state index in [0.717, 1.165) is 18.0 Å². The molecule has 1 aliphatic heterocycles. The molecule has 1 saturated heterocycles. The molecular formula is C10H15N3O3S. The zero-order valence-electron chi connectivity index (χ0n) is 9.80. The van der Waals surface area contributed by atoms with Gasteiger partial charge in [-0.3, -0.25) is 4.79 Å². The lowest BCUT2D eigenvalue weighted by Gasteiger charge is -2.16. The summed E-state index contributed by atoms with van der Waals surface area (Å²) in [6, 6.07) is 0. The van der Waals surface area contributed by atoms with Crippen LogP contribution in [0, 0.1) is 5.92 Å². The van der Waals surface area contributed by atoms with Gasteiger partial charge in [-0.2, -0.15) is 4.37 Å². The third-order valence-corrected chi connectivity index (χ3v) is 3.78. The van der Waals surface area contributed by atoms with Crippen LogP contribution in [0.3, 0.4) is 0 Å². The second kappa shape index (κ2) is 4.79. The number of nitrogens with zero attached hydrogens (tertiary/aromatic N) is 2. The van der Waals surface area contributed by atoms with Gasteiger partial charge in [0.05, 0.1) is 20.1 Å². The molecule has 17 heavy (non-hydrogen) atoms. The average molecular weight is 257 g/mol. The topological polar surface area (TPSA) is 77.7 Å². The van der Waals surface area contributed by atoms with Crippen molar-refractivity contribution in [1.82, 2.24) is 4.37 Å². The molecule has 94 valence electrons. The number of carbonyl (C=O) groups excluding carboxylic acids is 1. The van der Waals surface area contributed by atoms with Gasteiger partial charge in [0, 0.05) is 13.1 Å². The molecule has 7 heteroatoms. The minimum atomic E-state index is -0.163. The second-order valence-corrected chi connectivity index (χ2v) is 4.61. The number of aromatic nitrogens is 1. The summed E-state index contributed by atoms with van der Waals surface area (Å²) in [6.07, 6.45) is 0.785. The number of ether oxygens (including phenoxy) is 2. The second-order valence-electron chi connectivity index (χ2n) is 3.86. The molecule has 1 atom stereocenters. The standard InChI is InChI=1S/C10H15N3O3S/c1-15-7-8(11)12-17-9(7)13-4-3-6(5-13)10(14)16-2/h6H,3-5H2,1-2H3,(H2,11,12). The number of hydrogen-bond donors (Lipinski definition) is 1. The van der Waals surface area contributed by atoms with E-state index in [-0.39, 0.29) is 11.9 Å². The molecule has 1 aliphatic rings. The molecule has 2 rings (SSSR count). The van der Waals surface area contributed by atoms with Gasteiger partial charge < -0.3 is 20.1 Å². The van der Waals surface area contributed by atoms with Gasteiger partial charge in [-0.25, -0.2) is 0 Å². The van der Waals surface area contributed by atoms with Crippen LogP contribution in [0.1, 0.15) is 6.42 Å². The first-order chi connectivity index (χ1) is 8.17. The summed E-state index contributed by atoms with van der Waals surface area (Å²) in [5.41, 5.74) is 5.70. The van der Waals surface area contributed by atoms with Crippen molar-refractivity contribution in [2.24, 2.45) is 5.92 Å². The molecule has 0 amide bonds. The predicted molar refractivity (Wildman–Crippen MR) is 65.4 cm³/mol. The van der Waals surface area contributed by atoms with Crippen molar-refractivity contribution < 1.29 is 14.3 Å². The maximum atomic E-state index is 11.4. The first-order valence-corrected chi connectivity index (χ1v) is 6.06. The van der Waals surface area contributed by atoms with Crippen LogP contribution in [0.2, 0.25) is 0 Å². The highest BCUT2D eigenvalue weighted by atomic mass is 32.1. The molecule has 1 aromatic rings. The summed E-state index contributed by atoms with van der Waals surface area (Å²) in [6.45, 7) is 1.42. The molecule has 0 radical (unpaired) electrons. The van der Waals surface area contributed by atoms with Crippen molar-refractivity contribution in [1.29, 1.82) is 0 Å². The Morgan fingerprint density at radius 3 is 3.00 bits per heavy atom. The molecule has 6 nitrogen and oxygen atoms in total. The molecule has 1 unspecified atom stereocenters. The van der Waals surface area contributed by atoms with Crippen LogP contribution < -0.4 is 15.4 Å². The Labute approximate surface area is 103 Å². The van der Waals surface area contributed by atoms with Gasteiger partial charge >= 0.3 is 5.97 Å². The summed E-state index contributed by atoms with van der Waals surface area (Å²) in [4.78, 5) is 13.5. The first kappa shape index (κ1) is 12.0. The van der Waals surface area contributed by atoms with Gasteiger partial charge in [0.15, 0.2) is 16.6 Å². The van der Waals surface area contributed by atoms with E-state index in [2.05, 4.69) is 9.27 Å². The highest BCUT2D eigenvalue weighted by molar-refractivity contribution is 7.11. The molecule has 0 saturated carbocycles. The quantitative estimate of drug-likeness (QED) is 0.804. The number of carbonyl (C=O) groups is 1. The van der Waals surface area contributed by atoms with Gasteiger partial charge in [-0.15, -0.1) is 0 Å². The van der Waals surface area contributed by atoms with Crippen LogP contribution in [0.4, 0.5) is 10.8 Å². The van der Waals surface area contributed by atoms with E-state index in [9.17, 15) is 4.79 Å². The van der Waals surface area contributed by atoms with Gasteiger partial charge in [0.1, 0.15) is 0 Å². The van der Waals surface area contributed by atoms with Crippen LogP contribution >= 0.6 is 11.5 Å². The maximum Gasteiger partial charge on any atom is 0.310 e. The normalized spacial score (nSPS) is 19.4. The monoisotopic (exact) mass is 257 g/mol. The summed E-state index contributed by atoms with van der Waals surface area (Å²) in [7, 11) is 2.98. The Morgan fingerprint density at radius 1 is 1.59 bits per heavy atom. The molecule has 1 aromatic heterocycles. The summed E-state index contributed by atoms with van der Waals surface area (Å²) < 4.78 is 14.0. The SMILES string of the molecule is COC(=O)C1CCN(c2snc(N)c2OC)C1. The van der Waals surface area contributed by atoms with E-state index in [1.807, 2.05) is 0 Å². The van der Waals surface area contributed by atoms with Crippen LogP contribution in [-0.2, 0) is 9.53 Å². The van der Waals surface area contributed by atoms with Crippen molar-refractivity contribution in [3.05, 3.63) is 0 Å². The predicted octanol–water partition coefficient (Wildman–Crippen LogP) is 0.733. The van der Waals surface area contributed by atoms with Crippen molar-refractivity contribution in [2.75, 3.05) is 37.9 Å². The molecule has 2 heterocycles. The fourth-order valence-corrected chi connectivity index (χ4v) is 2.80. The average Bonchev–Trinajstić information content (AvgIpc) is 2.94. The zero-order chi connectivity index (χ0) is 12.4. The smallest absolute Gasteiger partial charge is 0.310 e. The minimum absolute atomic E-state index is 0.0759. The fourth-order valence-electron chi connectivity index (χ4n) is 1.98. The third-order valence-electron chi connectivity index (χ3n) is 2.87. The molecule has 0 bridgehead atoms. The summed E-state index contributed by atoms with van der Waals surface area (Å²) in [5, 5.41) is 0.886. The Bertz CT molecular complexity index is 421. The Morgan fingerprint density at radius 2 is 2.35 bits per heavy atom. The number of nitrogen functional groups attached to an aromatic ring is 1. The number of rotatable bonds is 3. The van der Waals surface area contributed by atoms with E-state index in [1.54, 1.807) is 7.11 Å². The van der Waals surface area contributed by atoms with Crippen molar-refractivity contribution >= 4 is 28.3 Å². The third kappa shape index (κ3) is 2.14. The first-order valence-electron chi connectivity index (χ1n) is 5.29. The molecule has 2 N–H and O–H groups in total. The number of nitrogens with two attached hydrogens (primary N) is 1. The van der Waals surface area contributed by atoms with E-state index in [1.165, 1.54) is 18.6 Å². The Balaban J connectivity index is 2.12. The highest BCUT2D eigenvalue weighted by Crippen LogP contribution is 2.40. The lowest BCUT2D eigenvalue weighted by atomic mass is 10.1. The molecular weight excluding hydrogens is 242 g/mol. The fraction of sp³-hybridized carbons (Fsp3) is 0.600. The van der Waals surface area contributed by atoms with Gasteiger partial charge in [0.2, 0.25) is 0 Å². The van der Waals surface area contributed by atoms with Gasteiger partial charge in [-0.05, 0) is 18.0 Å². The van der Waals surface area contributed by atoms with Crippen LogP contribution in [-0.4, -0.2) is 37.7 Å². The Kier molecular flexibility index (Phi) is 3.37. The summed E-state index contributed by atoms with van der Waals surface area (Å²) in [5.74, 6) is 0.756. The maximum absolute atomic E-state index is 11.4. The van der Waals surface area contributed by atoms with Crippen molar-refractivity contribution in [2.45, 2.75) is 6.42 Å². The zero-order valence-corrected chi connectivity index (χ0v) is 10.6. The largest absolute Gasteiger partial charge is 0.490 e. The van der Waals surface area contributed by atoms with Crippen LogP contribution in [0.15, 0.2) is 0 Å². The van der Waals surface area contributed by atoms with Crippen molar-refractivity contribution in [3.8, 4) is 5.75 Å². The molecule has 1 fully saturated rings. The van der Waals surface area contributed by atoms with Crippen molar-refractivity contribution in [3.63, 3.8) is 0 Å². The van der Waals surface area contributed by atoms with E-state index in [0.29, 0.717) is 18.1 Å². The van der Waals surface area contributed by atoms with Crippen LogP contribution in [0.5, 0.6) is 5.75 Å². The molecule has 0 spiro atoms. The number of methoxy groups -OCH3 is 2. The van der Waals surface area contributed by atoms with E-state index >= 15 is 0 Å². The number of esters is 1. The minimum Gasteiger partial charge on any atom is -0.490 e. The summed E-state index contributed by atoms with van der Waals surface area (Å²) >= 11 is 1.29. The lowest BCUT2D eigenvalue weighted by Crippen LogP contribution is -2.23. The highest BCUT2D eigenvalue weighted by Gasteiger charge is 2.32. The lowest BCUT2D eigenvalue weighted by molar-refractivity contribution is -0.144. The van der Waals surface area contributed by atoms with Gasteiger partial charge in [-0.1, -0.05) is 0 Å². The van der Waals surface area contributed by atoms with E-state index in [4.69, 9.17) is 15.2 Å². The van der Waals surface area contributed by atoms with Crippen LogP contribution in [0.25, 0.3) is 0 Å². The number of anilines is 2.